The van der Waals surface area contributed by atoms with Gasteiger partial charge in [0, 0.05) is 23.5 Å². The molecule has 0 radical (unpaired) electrons. The number of carbonyl (C=O) groups excluding carboxylic acids is 1. The Hall–Kier alpha value is -2.64. The SMILES string of the molecule is CC1(C)C[C@H](OC(=O)c2ccc([N+](=O)[O-])cc2)C=[N+]([O-])O1. The number of ether oxygens (including phenoxy) is 1. The zero-order valence-electron chi connectivity index (χ0n) is 11.5. The molecule has 0 aromatic heterocycles. The topological polar surface area (TPSA) is 105 Å². The third-order valence-corrected chi connectivity index (χ3v) is 2.89. The van der Waals surface area contributed by atoms with Crippen molar-refractivity contribution in [1.82, 2.24) is 0 Å². The Kier molecular flexibility index (Phi) is 3.79. The van der Waals surface area contributed by atoms with Crippen molar-refractivity contribution in [3.05, 3.63) is 45.2 Å². The molecule has 1 heterocycles. The summed E-state index contributed by atoms with van der Waals surface area (Å²) in [6, 6.07) is 5.04. The van der Waals surface area contributed by atoms with Crippen LogP contribution in [-0.2, 0) is 9.57 Å². The number of rotatable bonds is 3. The van der Waals surface area contributed by atoms with E-state index in [-0.39, 0.29) is 16.2 Å². The minimum absolute atomic E-state index is 0.115. The van der Waals surface area contributed by atoms with Gasteiger partial charge in [0.25, 0.3) is 11.9 Å². The second-order valence-corrected chi connectivity index (χ2v) is 5.24. The van der Waals surface area contributed by atoms with Crippen LogP contribution in [0.15, 0.2) is 24.3 Å². The van der Waals surface area contributed by atoms with Crippen LogP contribution in [0.25, 0.3) is 0 Å². The van der Waals surface area contributed by atoms with E-state index in [2.05, 4.69) is 0 Å². The Bertz CT molecular complexity index is 593. The number of carbonyl (C=O) groups is 1. The van der Waals surface area contributed by atoms with Gasteiger partial charge in [0.1, 0.15) is 0 Å². The van der Waals surface area contributed by atoms with Gasteiger partial charge in [-0.2, -0.15) is 0 Å². The molecule has 0 amide bonds. The predicted molar refractivity (Wildman–Crippen MR) is 71.8 cm³/mol. The van der Waals surface area contributed by atoms with Gasteiger partial charge in [0.15, 0.2) is 6.10 Å². The number of benzene rings is 1. The lowest BCUT2D eigenvalue weighted by molar-refractivity contribution is -0.767. The summed E-state index contributed by atoms with van der Waals surface area (Å²) in [5.41, 5.74) is -0.677. The predicted octanol–water partition coefficient (Wildman–Crippen LogP) is 1.82. The van der Waals surface area contributed by atoms with Crippen molar-refractivity contribution in [3.8, 4) is 0 Å². The fourth-order valence-electron chi connectivity index (χ4n) is 1.98. The maximum atomic E-state index is 11.9. The van der Waals surface area contributed by atoms with Gasteiger partial charge in [-0.25, -0.2) is 4.79 Å². The molecular formula is C13H14N2O6. The molecule has 8 nitrogen and oxygen atoms in total. The van der Waals surface area contributed by atoms with Crippen LogP contribution >= 0.6 is 0 Å². The van der Waals surface area contributed by atoms with Gasteiger partial charge in [-0.1, -0.05) is 0 Å². The molecule has 0 fully saturated rings. The minimum Gasteiger partial charge on any atom is -0.448 e. The van der Waals surface area contributed by atoms with Crippen molar-refractivity contribution in [3.63, 3.8) is 0 Å². The van der Waals surface area contributed by atoms with Gasteiger partial charge in [-0.3, -0.25) is 15.3 Å². The van der Waals surface area contributed by atoms with Crippen molar-refractivity contribution >= 4 is 17.9 Å². The van der Waals surface area contributed by atoms with Crippen LogP contribution in [0.3, 0.4) is 0 Å². The maximum absolute atomic E-state index is 11.9. The standard InChI is InChI=1S/C13H14N2O6/c1-13(2)7-11(8-14(17)21-13)20-12(16)9-3-5-10(6-4-9)15(18)19/h3-6,8,11H,7H2,1-2H3/t11-/m0/s1. The average molecular weight is 294 g/mol. The molecule has 1 atom stereocenters. The lowest BCUT2D eigenvalue weighted by atomic mass is 10.0. The summed E-state index contributed by atoms with van der Waals surface area (Å²) in [7, 11) is 0. The van der Waals surface area contributed by atoms with Crippen LogP contribution in [0.2, 0.25) is 0 Å². The first-order chi connectivity index (χ1) is 9.77. The van der Waals surface area contributed by atoms with Crippen molar-refractivity contribution in [2.24, 2.45) is 0 Å². The molecule has 0 unspecified atom stereocenters. The third-order valence-electron chi connectivity index (χ3n) is 2.89. The van der Waals surface area contributed by atoms with Gasteiger partial charge >= 0.3 is 5.97 Å². The largest absolute Gasteiger partial charge is 0.448 e. The number of hydrogen-bond donors (Lipinski definition) is 0. The molecule has 0 aliphatic carbocycles. The highest BCUT2D eigenvalue weighted by Crippen LogP contribution is 2.22. The van der Waals surface area contributed by atoms with E-state index in [1.165, 1.54) is 24.3 Å². The van der Waals surface area contributed by atoms with E-state index in [9.17, 15) is 20.1 Å². The number of hydrogen-bond acceptors (Lipinski definition) is 6. The number of nitro benzene ring substituents is 1. The first-order valence-corrected chi connectivity index (χ1v) is 6.23. The van der Waals surface area contributed by atoms with Crippen LogP contribution in [0.1, 0.15) is 30.6 Å². The second-order valence-electron chi connectivity index (χ2n) is 5.24. The molecule has 21 heavy (non-hydrogen) atoms. The van der Waals surface area contributed by atoms with Gasteiger partial charge in [-0.15, -0.1) is 0 Å². The Labute approximate surface area is 120 Å². The van der Waals surface area contributed by atoms with Crippen LogP contribution in [-0.4, -0.2) is 33.7 Å². The van der Waals surface area contributed by atoms with E-state index in [0.29, 0.717) is 6.42 Å². The molecule has 1 aliphatic heterocycles. The van der Waals surface area contributed by atoms with Gasteiger partial charge in [0.05, 0.1) is 16.1 Å². The van der Waals surface area contributed by atoms with Gasteiger partial charge in [-0.05, 0) is 26.0 Å². The van der Waals surface area contributed by atoms with Crippen molar-refractivity contribution < 1.29 is 24.2 Å². The normalized spacial score (nSPS) is 20.1. The maximum Gasteiger partial charge on any atom is 0.338 e. The van der Waals surface area contributed by atoms with Crippen LogP contribution in [0.4, 0.5) is 5.69 Å². The summed E-state index contributed by atoms with van der Waals surface area (Å²) in [4.78, 5) is 27.2. The van der Waals surface area contributed by atoms with Crippen LogP contribution in [0.5, 0.6) is 0 Å². The molecule has 0 bridgehead atoms. The quantitative estimate of drug-likeness (QED) is 0.364. The highest BCUT2D eigenvalue weighted by Gasteiger charge is 2.33. The van der Waals surface area contributed by atoms with E-state index in [1.807, 2.05) is 0 Å². The summed E-state index contributed by atoms with van der Waals surface area (Å²) < 4.78 is 5.20. The number of nitro groups is 1. The summed E-state index contributed by atoms with van der Waals surface area (Å²) >= 11 is 0. The Morgan fingerprint density at radius 3 is 2.57 bits per heavy atom. The molecule has 1 aromatic carbocycles. The Morgan fingerprint density at radius 2 is 2.05 bits per heavy atom. The lowest BCUT2D eigenvalue weighted by Crippen LogP contribution is -2.42. The van der Waals surface area contributed by atoms with Crippen molar-refractivity contribution in [2.45, 2.75) is 32.0 Å². The smallest absolute Gasteiger partial charge is 0.338 e. The molecule has 0 saturated heterocycles. The summed E-state index contributed by atoms with van der Waals surface area (Å²) in [6.07, 6.45) is 0.743. The number of non-ortho nitro benzene ring substituents is 1. The summed E-state index contributed by atoms with van der Waals surface area (Å²) in [5, 5.41) is 21.8. The molecule has 112 valence electrons. The van der Waals surface area contributed by atoms with E-state index >= 15 is 0 Å². The monoisotopic (exact) mass is 294 g/mol. The van der Waals surface area contributed by atoms with Crippen LogP contribution in [0, 0.1) is 15.3 Å². The molecule has 1 aromatic rings. The summed E-state index contributed by atoms with van der Waals surface area (Å²) in [5.74, 6) is -0.655. The Morgan fingerprint density at radius 1 is 1.43 bits per heavy atom. The molecule has 0 N–H and O–H groups in total. The number of nitrogens with zero attached hydrogens (tertiary/aromatic N) is 2. The summed E-state index contributed by atoms with van der Waals surface area (Å²) in [6.45, 7) is 3.41. The zero-order chi connectivity index (χ0) is 15.6. The molecule has 1 aliphatic rings. The van der Waals surface area contributed by atoms with Gasteiger partial charge < -0.3 is 9.57 Å². The first-order valence-electron chi connectivity index (χ1n) is 6.23. The van der Waals surface area contributed by atoms with E-state index in [0.717, 1.165) is 6.21 Å². The zero-order valence-corrected chi connectivity index (χ0v) is 11.5. The van der Waals surface area contributed by atoms with Crippen molar-refractivity contribution in [1.29, 1.82) is 0 Å². The van der Waals surface area contributed by atoms with E-state index < -0.39 is 22.6 Å². The first kappa shape index (κ1) is 14.8. The molecule has 0 saturated carbocycles. The average Bonchev–Trinajstić information content (AvgIpc) is 2.36. The minimum atomic E-state index is -0.739. The highest BCUT2D eigenvalue weighted by atomic mass is 16.9. The fraction of sp³-hybridized carbons (Fsp3) is 0.385. The van der Waals surface area contributed by atoms with Crippen LogP contribution < -0.4 is 0 Å². The third kappa shape index (κ3) is 3.68. The highest BCUT2D eigenvalue weighted by molar-refractivity contribution is 5.90. The lowest BCUT2D eigenvalue weighted by Gasteiger charge is -2.32. The van der Waals surface area contributed by atoms with Crippen molar-refractivity contribution in [2.75, 3.05) is 0 Å². The van der Waals surface area contributed by atoms with Gasteiger partial charge in [0.2, 0.25) is 0 Å². The fourth-order valence-corrected chi connectivity index (χ4v) is 1.98. The van der Waals surface area contributed by atoms with E-state index in [4.69, 9.17) is 9.57 Å². The Balaban J connectivity index is 2.07. The molecule has 2 rings (SSSR count). The second kappa shape index (κ2) is 5.39. The van der Waals surface area contributed by atoms with E-state index in [1.54, 1.807) is 13.8 Å². The molecule has 8 heteroatoms. The number of esters is 1. The molecule has 0 spiro atoms. The molecular weight excluding hydrogens is 280 g/mol.